The zero-order valence-electron chi connectivity index (χ0n) is 12.6. The van der Waals surface area contributed by atoms with E-state index in [2.05, 4.69) is 36.0 Å². The number of nitrogens with zero attached hydrogens (tertiary/aromatic N) is 2. The van der Waals surface area contributed by atoms with Crippen molar-refractivity contribution in [1.29, 1.82) is 0 Å². The van der Waals surface area contributed by atoms with Crippen LogP contribution in [-0.4, -0.2) is 73.4 Å². The molecule has 1 heterocycles. The second-order valence-electron chi connectivity index (χ2n) is 5.93. The van der Waals surface area contributed by atoms with Gasteiger partial charge in [0, 0.05) is 24.7 Å². The summed E-state index contributed by atoms with van der Waals surface area (Å²) in [4.78, 5) is 5.05. The van der Waals surface area contributed by atoms with Crippen LogP contribution >= 0.6 is 0 Å². The van der Waals surface area contributed by atoms with Crippen LogP contribution in [0.4, 0.5) is 0 Å². The highest BCUT2D eigenvalue weighted by Gasteiger charge is 2.26. The van der Waals surface area contributed by atoms with Gasteiger partial charge >= 0.3 is 0 Å². The van der Waals surface area contributed by atoms with Crippen molar-refractivity contribution in [3.05, 3.63) is 0 Å². The van der Waals surface area contributed by atoms with Gasteiger partial charge in [-0.1, -0.05) is 6.92 Å². The van der Waals surface area contributed by atoms with Gasteiger partial charge in [-0.05, 0) is 53.4 Å². The van der Waals surface area contributed by atoms with Gasteiger partial charge in [0.05, 0.1) is 6.61 Å². The van der Waals surface area contributed by atoms with Crippen molar-refractivity contribution in [2.45, 2.75) is 44.7 Å². The van der Waals surface area contributed by atoms with Crippen molar-refractivity contribution in [2.75, 3.05) is 46.9 Å². The lowest BCUT2D eigenvalue weighted by Crippen LogP contribution is -2.48. The molecule has 2 unspecified atom stereocenters. The topological polar surface area (TPSA) is 38.7 Å². The molecule has 1 saturated heterocycles. The fourth-order valence-corrected chi connectivity index (χ4v) is 2.65. The predicted molar refractivity (Wildman–Crippen MR) is 76.9 cm³/mol. The number of likely N-dealkylation sites (N-methyl/N-ethyl adjacent to an activating group) is 2. The van der Waals surface area contributed by atoms with Gasteiger partial charge in [0.2, 0.25) is 0 Å². The number of hydrogen-bond donors (Lipinski definition) is 2. The molecule has 1 fully saturated rings. The Kier molecular flexibility index (Phi) is 6.57. The molecule has 2 N–H and O–H groups in total. The van der Waals surface area contributed by atoms with E-state index in [1.807, 2.05) is 7.05 Å². The fourth-order valence-electron chi connectivity index (χ4n) is 2.65. The maximum Gasteiger partial charge on any atom is 0.0610 e. The van der Waals surface area contributed by atoms with E-state index in [9.17, 15) is 5.11 Å². The van der Waals surface area contributed by atoms with Gasteiger partial charge in [-0.2, -0.15) is 0 Å². The third kappa shape index (κ3) is 4.50. The summed E-state index contributed by atoms with van der Waals surface area (Å²) in [6.07, 6.45) is 3.46. The Bertz CT molecular complexity index is 231. The fraction of sp³-hybridized carbons (Fsp3) is 1.00. The van der Waals surface area contributed by atoms with Crippen LogP contribution in [0.15, 0.2) is 0 Å². The van der Waals surface area contributed by atoms with Crippen LogP contribution in [0.5, 0.6) is 0 Å². The highest BCUT2D eigenvalue weighted by molar-refractivity contribution is 4.85. The molecule has 0 radical (unpaired) electrons. The molecule has 0 amide bonds. The Morgan fingerprint density at radius 1 is 1.39 bits per heavy atom. The summed E-state index contributed by atoms with van der Waals surface area (Å²) in [6.45, 7) is 9.21. The Hall–Kier alpha value is -0.160. The molecule has 108 valence electrons. The van der Waals surface area contributed by atoms with Crippen molar-refractivity contribution >= 4 is 0 Å². The lowest BCUT2D eigenvalue weighted by molar-refractivity contribution is 0.130. The first kappa shape index (κ1) is 15.9. The largest absolute Gasteiger partial charge is 0.394 e. The summed E-state index contributed by atoms with van der Waals surface area (Å²) in [5.41, 5.74) is -0.142. The number of nitrogens with one attached hydrogen (secondary N) is 1. The van der Waals surface area contributed by atoms with Crippen LogP contribution in [0.25, 0.3) is 0 Å². The van der Waals surface area contributed by atoms with Gasteiger partial charge in [0.15, 0.2) is 0 Å². The van der Waals surface area contributed by atoms with Crippen molar-refractivity contribution in [3.63, 3.8) is 0 Å². The molecule has 1 aliphatic rings. The van der Waals surface area contributed by atoms with E-state index in [0.717, 1.165) is 13.0 Å². The first-order chi connectivity index (χ1) is 8.54. The zero-order chi connectivity index (χ0) is 13.6. The third-order valence-corrected chi connectivity index (χ3v) is 4.40. The average Bonchev–Trinajstić information content (AvgIpc) is 2.57. The second-order valence-corrected chi connectivity index (χ2v) is 5.93. The van der Waals surface area contributed by atoms with Crippen molar-refractivity contribution in [1.82, 2.24) is 15.1 Å². The minimum Gasteiger partial charge on any atom is -0.394 e. The maximum absolute atomic E-state index is 9.45. The van der Waals surface area contributed by atoms with E-state index in [1.165, 1.54) is 32.5 Å². The highest BCUT2D eigenvalue weighted by Crippen LogP contribution is 2.16. The molecule has 0 aliphatic carbocycles. The van der Waals surface area contributed by atoms with Crippen LogP contribution in [0, 0.1) is 0 Å². The van der Waals surface area contributed by atoms with Gasteiger partial charge in [0.1, 0.15) is 0 Å². The van der Waals surface area contributed by atoms with Crippen molar-refractivity contribution < 1.29 is 5.11 Å². The van der Waals surface area contributed by atoms with E-state index in [0.29, 0.717) is 6.04 Å². The molecule has 0 aromatic carbocycles. The van der Waals surface area contributed by atoms with Crippen LogP contribution in [-0.2, 0) is 0 Å². The van der Waals surface area contributed by atoms with Crippen molar-refractivity contribution in [3.8, 4) is 0 Å². The second kappa shape index (κ2) is 7.43. The van der Waals surface area contributed by atoms with E-state index >= 15 is 0 Å². The Morgan fingerprint density at radius 2 is 2.11 bits per heavy atom. The summed E-state index contributed by atoms with van der Waals surface area (Å²) >= 11 is 0. The third-order valence-electron chi connectivity index (χ3n) is 4.40. The SMILES string of the molecule is CCC1CN(C)CCCN1CCC(C)(CO)NC. The average molecular weight is 257 g/mol. The minimum atomic E-state index is -0.142. The van der Waals surface area contributed by atoms with Crippen LogP contribution in [0.3, 0.4) is 0 Å². The smallest absolute Gasteiger partial charge is 0.0610 e. The molecule has 0 aromatic rings. The van der Waals surface area contributed by atoms with Gasteiger partial charge < -0.3 is 15.3 Å². The summed E-state index contributed by atoms with van der Waals surface area (Å²) in [5.74, 6) is 0. The summed E-state index contributed by atoms with van der Waals surface area (Å²) < 4.78 is 0. The molecule has 18 heavy (non-hydrogen) atoms. The Morgan fingerprint density at radius 3 is 2.67 bits per heavy atom. The van der Waals surface area contributed by atoms with Crippen LogP contribution < -0.4 is 5.32 Å². The molecule has 1 aliphatic heterocycles. The van der Waals surface area contributed by atoms with E-state index in [1.54, 1.807) is 0 Å². The maximum atomic E-state index is 9.45. The lowest BCUT2D eigenvalue weighted by Gasteiger charge is -2.34. The Balaban J connectivity index is 2.52. The standard InChI is InChI=1S/C14H31N3O/c1-5-13-11-16(4)8-6-9-17(13)10-7-14(2,12-18)15-3/h13,15,18H,5-12H2,1-4H3. The lowest BCUT2D eigenvalue weighted by atomic mass is 9.98. The summed E-state index contributed by atoms with van der Waals surface area (Å²) in [7, 11) is 4.15. The monoisotopic (exact) mass is 257 g/mol. The molecule has 0 bridgehead atoms. The molecule has 4 nitrogen and oxygen atoms in total. The van der Waals surface area contributed by atoms with Crippen molar-refractivity contribution in [2.24, 2.45) is 0 Å². The van der Waals surface area contributed by atoms with E-state index in [-0.39, 0.29) is 12.1 Å². The highest BCUT2D eigenvalue weighted by atomic mass is 16.3. The molecular formula is C14H31N3O. The number of aliphatic hydroxyl groups is 1. The first-order valence-electron chi connectivity index (χ1n) is 7.27. The van der Waals surface area contributed by atoms with E-state index in [4.69, 9.17) is 0 Å². The summed E-state index contributed by atoms with van der Waals surface area (Å²) in [5, 5.41) is 12.7. The number of aliphatic hydroxyl groups excluding tert-OH is 1. The minimum absolute atomic E-state index is 0.142. The Labute approximate surface area is 112 Å². The first-order valence-corrected chi connectivity index (χ1v) is 7.27. The van der Waals surface area contributed by atoms with Crippen LogP contribution in [0.1, 0.15) is 33.1 Å². The van der Waals surface area contributed by atoms with Gasteiger partial charge in [-0.3, -0.25) is 4.90 Å². The molecule has 2 atom stereocenters. The number of hydrogen-bond acceptors (Lipinski definition) is 4. The van der Waals surface area contributed by atoms with Crippen LogP contribution in [0.2, 0.25) is 0 Å². The number of rotatable bonds is 6. The van der Waals surface area contributed by atoms with Gasteiger partial charge in [0.25, 0.3) is 0 Å². The molecule has 0 spiro atoms. The summed E-state index contributed by atoms with van der Waals surface area (Å²) in [6, 6.07) is 0.664. The zero-order valence-corrected chi connectivity index (χ0v) is 12.6. The molecule has 0 aromatic heterocycles. The molecule has 1 rings (SSSR count). The van der Waals surface area contributed by atoms with Gasteiger partial charge in [-0.15, -0.1) is 0 Å². The normalized spacial score (nSPS) is 26.8. The van der Waals surface area contributed by atoms with Gasteiger partial charge in [-0.25, -0.2) is 0 Å². The predicted octanol–water partition coefficient (Wildman–Crippen LogP) is 0.763. The quantitative estimate of drug-likeness (QED) is 0.737. The molecular weight excluding hydrogens is 226 g/mol. The molecule has 4 heteroatoms. The van der Waals surface area contributed by atoms with E-state index < -0.39 is 0 Å². The molecule has 0 saturated carbocycles.